The number of carbonyl (C=O) groups excluding carboxylic acids is 2. The minimum atomic E-state index is -0.459. The topological polar surface area (TPSA) is 52.6 Å². The molecule has 0 aromatic carbocycles. The fraction of sp³-hybridized carbons (Fsp3) is 0.556. The van der Waals surface area contributed by atoms with Gasteiger partial charge in [0.1, 0.15) is 0 Å². The Bertz CT molecular complexity index is 369. The Morgan fingerprint density at radius 1 is 0.773 bits per heavy atom. The minimum absolute atomic E-state index is 0.305. The first-order valence-electron chi connectivity index (χ1n) is 7.78. The molecule has 4 nitrogen and oxygen atoms in total. The number of hydrogen-bond donors (Lipinski definition) is 0. The molecule has 0 aliphatic heterocycles. The fourth-order valence-corrected chi connectivity index (χ4v) is 1.63. The van der Waals surface area contributed by atoms with Gasteiger partial charge in [0.25, 0.3) is 0 Å². The zero-order valence-electron chi connectivity index (χ0n) is 13.9. The Kier molecular flexibility index (Phi) is 11.8. The highest BCUT2D eigenvalue weighted by molar-refractivity contribution is 5.99. The van der Waals surface area contributed by atoms with Crippen molar-refractivity contribution in [3.63, 3.8) is 0 Å². The first-order chi connectivity index (χ1) is 10.5. The van der Waals surface area contributed by atoms with Crippen LogP contribution in [-0.2, 0) is 19.1 Å². The molecule has 0 heterocycles. The van der Waals surface area contributed by atoms with Gasteiger partial charge in [-0.15, -0.1) is 13.2 Å². The molecule has 0 aliphatic rings. The maximum Gasteiger partial charge on any atom is 0.334 e. The summed E-state index contributed by atoms with van der Waals surface area (Å²) in [7, 11) is 0. The van der Waals surface area contributed by atoms with Crippen LogP contribution in [0.5, 0.6) is 0 Å². The van der Waals surface area contributed by atoms with Crippen molar-refractivity contribution in [2.45, 2.75) is 52.4 Å². The van der Waals surface area contributed by atoms with E-state index in [1.807, 2.05) is 12.2 Å². The van der Waals surface area contributed by atoms with Crippen molar-refractivity contribution in [3.05, 3.63) is 36.5 Å². The predicted octanol–water partition coefficient (Wildman–Crippen LogP) is 4.12. The normalized spacial score (nSPS) is 11.4. The molecule has 0 aromatic heterocycles. The van der Waals surface area contributed by atoms with E-state index in [2.05, 4.69) is 13.2 Å². The smallest absolute Gasteiger partial charge is 0.334 e. The number of rotatable bonds is 12. The molecule has 0 unspecified atom stereocenters. The van der Waals surface area contributed by atoms with Gasteiger partial charge in [0.2, 0.25) is 0 Å². The van der Waals surface area contributed by atoms with Crippen LogP contribution in [0.25, 0.3) is 0 Å². The van der Waals surface area contributed by atoms with Gasteiger partial charge in [-0.2, -0.15) is 0 Å². The summed E-state index contributed by atoms with van der Waals surface area (Å²) >= 11 is 0. The standard InChI is InChI=1S/C18H28O4/c1-5-7-9-11-13-21-17(19)15(3)16(4)18(20)22-14-12-10-8-6-2/h5-6H,1-2,7-14H2,3-4H3/b16-15-. The predicted molar refractivity (Wildman–Crippen MR) is 88.4 cm³/mol. The van der Waals surface area contributed by atoms with Gasteiger partial charge in [0.05, 0.1) is 13.2 Å². The number of allylic oxidation sites excluding steroid dienone is 2. The molecule has 0 aliphatic carbocycles. The maximum absolute atomic E-state index is 11.8. The summed E-state index contributed by atoms with van der Waals surface area (Å²) < 4.78 is 10.3. The van der Waals surface area contributed by atoms with Crippen molar-refractivity contribution in [1.29, 1.82) is 0 Å². The summed E-state index contributed by atoms with van der Waals surface area (Å²) in [4.78, 5) is 23.6. The Labute approximate surface area is 133 Å². The first kappa shape index (κ1) is 20.2. The largest absolute Gasteiger partial charge is 0.462 e. The molecule has 0 atom stereocenters. The van der Waals surface area contributed by atoms with E-state index in [9.17, 15) is 9.59 Å². The minimum Gasteiger partial charge on any atom is -0.462 e. The lowest BCUT2D eigenvalue weighted by Crippen LogP contribution is -2.14. The van der Waals surface area contributed by atoms with Gasteiger partial charge >= 0.3 is 11.9 Å². The van der Waals surface area contributed by atoms with Gasteiger partial charge in [-0.05, 0) is 52.4 Å². The monoisotopic (exact) mass is 308 g/mol. The molecule has 0 radical (unpaired) electrons. The Balaban J connectivity index is 4.14. The van der Waals surface area contributed by atoms with Gasteiger partial charge in [0, 0.05) is 11.1 Å². The van der Waals surface area contributed by atoms with E-state index in [0.717, 1.165) is 38.5 Å². The zero-order valence-corrected chi connectivity index (χ0v) is 13.9. The third-order valence-corrected chi connectivity index (χ3v) is 3.25. The Hall–Kier alpha value is -1.84. The van der Waals surface area contributed by atoms with Crippen LogP contribution in [0.3, 0.4) is 0 Å². The molecular formula is C18H28O4. The van der Waals surface area contributed by atoms with Crippen LogP contribution in [0.2, 0.25) is 0 Å². The third-order valence-electron chi connectivity index (χ3n) is 3.25. The van der Waals surface area contributed by atoms with Gasteiger partial charge in [0.15, 0.2) is 0 Å². The average molecular weight is 308 g/mol. The van der Waals surface area contributed by atoms with E-state index in [4.69, 9.17) is 9.47 Å². The van der Waals surface area contributed by atoms with Gasteiger partial charge in [-0.25, -0.2) is 9.59 Å². The van der Waals surface area contributed by atoms with Gasteiger partial charge in [-0.1, -0.05) is 12.2 Å². The summed E-state index contributed by atoms with van der Waals surface area (Å²) in [6, 6.07) is 0. The van der Waals surface area contributed by atoms with E-state index in [-0.39, 0.29) is 0 Å². The first-order valence-corrected chi connectivity index (χ1v) is 7.78. The summed E-state index contributed by atoms with van der Waals surface area (Å²) in [5.74, 6) is -0.917. The molecule has 4 heteroatoms. The summed E-state index contributed by atoms with van der Waals surface area (Å²) in [5.41, 5.74) is 0.611. The summed E-state index contributed by atoms with van der Waals surface area (Å²) in [6.45, 7) is 11.1. The second-order valence-electron chi connectivity index (χ2n) is 5.09. The second kappa shape index (κ2) is 12.9. The van der Waals surface area contributed by atoms with Crippen molar-refractivity contribution in [1.82, 2.24) is 0 Å². The number of esters is 2. The van der Waals surface area contributed by atoms with Crippen molar-refractivity contribution >= 4 is 11.9 Å². The molecule has 0 fully saturated rings. The molecule has 0 spiro atoms. The maximum atomic E-state index is 11.8. The molecule has 22 heavy (non-hydrogen) atoms. The zero-order chi connectivity index (χ0) is 16.8. The fourth-order valence-electron chi connectivity index (χ4n) is 1.63. The van der Waals surface area contributed by atoms with Crippen LogP contribution in [0, 0.1) is 0 Å². The van der Waals surface area contributed by atoms with E-state index in [1.165, 1.54) is 0 Å². The molecular weight excluding hydrogens is 280 g/mol. The lowest BCUT2D eigenvalue weighted by atomic mass is 10.1. The number of hydrogen-bond acceptors (Lipinski definition) is 4. The van der Waals surface area contributed by atoms with Crippen molar-refractivity contribution < 1.29 is 19.1 Å². The average Bonchev–Trinajstić information content (AvgIpc) is 2.52. The molecule has 0 amide bonds. The van der Waals surface area contributed by atoms with Crippen LogP contribution in [0.4, 0.5) is 0 Å². The number of unbranched alkanes of at least 4 members (excludes halogenated alkanes) is 4. The molecule has 0 N–H and O–H groups in total. The molecule has 0 aromatic rings. The third kappa shape index (κ3) is 9.16. The number of carbonyl (C=O) groups is 2. The van der Waals surface area contributed by atoms with Gasteiger partial charge < -0.3 is 9.47 Å². The Morgan fingerprint density at radius 3 is 1.45 bits per heavy atom. The second-order valence-corrected chi connectivity index (χ2v) is 5.09. The van der Waals surface area contributed by atoms with Crippen molar-refractivity contribution in [2.24, 2.45) is 0 Å². The van der Waals surface area contributed by atoms with Gasteiger partial charge in [-0.3, -0.25) is 0 Å². The van der Waals surface area contributed by atoms with Crippen LogP contribution >= 0.6 is 0 Å². The van der Waals surface area contributed by atoms with Crippen LogP contribution in [-0.4, -0.2) is 25.2 Å². The van der Waals surface area contributed by atoms with E-state index >= 15 is 0 Å². The Morgan fingerprint density at radius 2 is 1.14 bits per heavy atom. The highest BCUT2D eigenvalue weighted by atomic mass is 16.5. The number of ether oxygens (including phenoxy) is 2. The molecule has 124 valence electrons. The van der Waals surface area contributed by atoms with Crippen molar-refractivity contribution in [3.8, 4) is 0 Å². The summed E-state index contributed by atoms with van der Waals surface area (Å²) in [5, 5.41) is 0. The quantitative estimate of drug-likeness (QED) is 0.235. The van der Waals surface area contributed by atoms with Crippen LogP contribution < -0.4 is 0 Å². The van der Waals surface area contributed by atoms with E-state index in [1.54, 1.807) is 13.8 Å². The van der Waals surface area contributed by atoms with E-state index in [0.29, 0.717) is 24.4 Å². The molecule has 0 rings (SSSR count). The molecule has 0 bridgehead atoms. The SMILES string of the molecule is C=CCCCCOC(=O)/C(C)=C(/C)C(=O)OCCCCC=C. The van der Waals surface area contributed by atoms with Crippen molar-refractivity contribution in [2.75, 3.05) is 13.2 Å². The van der Waals surface area contributed by atoms with E-state index < -0.39 is 11.9 Å². The lowest BCUT2D eigenvalue weighted by Gasteiger charge is -2.09. The summed E-state index contributed by atoms with van der Waals surface area (Å²) in [6.07, 6.45) is 8.93. The lowest BCUT2D eigenvalue weighted by molar-refractivity contribution is -0.142. The van der Waals surface area contributed by atoms with Crippen LogP contribution in [0.1, 0.15) is 52.4 Å². The highest BCUT2D eigenvalue weighted by Crippen LogP contribution is 2.09. The molecule has 0 saturated carbocycles. The van der Waals surface area contributed by atoms with Crippen LogP contribution in [0.15, 0.2) is 36.5 Å². The highest BCUT2D eigenvalue weighted by Gasteiger charge is 2.15. The molecule has 0 saturated heterocycles.